The standard InChI is InChI=1S/C22H30N2O4S/c1-16(2)20-11-6-7-12-21(20)28-14-13-23-22(25)18(4)24(29(5,26)27)19-10-8-9-17(3)15-19/h6-12,15-16,18H,13-14H2,1-5H3,(H,23,25)/t18-/m1/s1. The summed E-state index contributed by atoms with van der Waals surface area (Å²) >= 11 is 0. The number of rotatable bonds is 9. The quantitative estimate of drug-likeness (QED) is 0.633. The third kappa shape index (κ3) is 6.22. The first-order valence-corrected chi connectivity index (χ1v) is 11.5. The summed E-state index contributed by atoms with van der Waals surface area (Å²) < 4.78 is 31.6. The highest BCUT2D eigenvalue weighted by molar-refractivity contribution is 7.92. The van der Waals surface area contributed by atoms with Gasteiger partial charge in [0.25, 0.3) is 0 Å². The number of aryl methyl sites for hydroxylation is 1. The molecule has 0 bridgehead atoms. The normalized spacial score (nSPS) is 12.5. The van der Waals surface area contributed by atoms with E-state index in [-0.39, 0.29) is 12.5 Å². The molecule has 0 fully saturated rings. The van der Waals surface area contributed by atoms with E-state index >= 15 is 0 Å². The molecule has 7 heteroatoms. The van der Waals surface area contributed by atoms with Crippen molar-refractivity contribution in [2.24, 2.45) is 0 Å². The second-order valence-corrected chi connectivity index (χ2v) is 9.27. The number of carbonyl (C=O) groups excluding carboxylic acids is 1. The number of hydrogen-bond donors (Lipinski definition) is 1. The molecule has 0 saturated heterocycles. The van der Waals surface area contributed by atoms with E-state index in [1.807, 2.05) is 37.3 Å². The molecule has 0 aliphatic rings. The molecule has 2 rings (SSSR count). The van der Waals surface area contributed by atoms with Crippen molar-refractivity contribution in [1.82, 2.24) is 5.32 Å². The smallest absolute Gasteiger partial charge is 0.243 e. The van der Waals surface area contributed by atoms with Crippen LogP contribution in [0.25, 0.3) is 0 Å². The van der Waals surface area contributed by atoms with Crippen LogP contribution in [0.2, 0.25) is 0 Å². The van der Waals surface area contributed by atoms with E-state index < -0.39 is 16.1 Å². The second-order valence-electron chi connectivity index (χ2n) is 7.41. The molecule has 2 aromatic rings. The van der Waals surface area contributed by atoms with Gasteiger partial charge < -0.3 is 10.1 Å². The van der Waals surface area contributed by atoms with Crippen LogP contribution in [0.5, 0.6) is 5.75 Å². The van der Waals surface area contributed by atoms with Gasteiger partial charge in [-0.25, -0.2) is 8.42 Å². The van der Waals surface area contributed by atoms with Crippen molar-refractivity contribution in [1.29, 1.82) is 0 Å². The highest BCUT2D eigenvalue weighted by Gasteiger charge is 2.28. The van der Waals surface area contributed by atoms with Crippen LogP contribution in [-0.4, -0.2) is 39.8 Å². The van der Waals surface area contributed by atoms with E-state index in [2.05, 4.69) is 19.2 Å². The lowest BCUT2D eigenvalue weighted by Crippen LogP contribution is -2.48. The minimum Gasteiger partial charge on any atom is -0.491 e. The van der Waals surface area contributed by atoms with Crippen molar-refractivity contribution in [3.63, 3.8) is 0 Å². The van der Waals surface area contributed by atoms with E-state index in [0.717, 1.165) is 27.4 Å². The molecular weight excluding hydrogens is 388 g/mol. The van der Waals surface area contributed by atoms with Gasteiger partial charge in [0, 0.05) is 0 Å². The number of nitrogens with one attached hydrogen (secondary N) is 1. The molecule has 0 spiro atoms. The molecule has 0 radical (unpaired) electrons. The zero-order valence-corrected chi connectivity index (χ0v) is 18.5. The van der Waals surface area contributed by atoms with Crippen molar-refractivity contribution in [2.75, 3.05) is 23.7 Å². The number of benzene rings is 2. The van der Waals surface area contributed by atoms with Gasteiger partial charge in [0.1, 0.15) is 18.4 Å². The number of para-hydroxylation sites is 1. The summed E-state index contributed by atoms with van der Waals surface area (Å²) in [5.74, 6) is 0.749. The molecule has 0 aliphatic carbocycles. The average Bonchev–Trinajstić information content (AvgIpc) is 2.64. The number of nitrogens with zero attached hydrogens (tertiary/aromatic N) is 1. The maximum atomic E-state index is 12.6. The lowest BCUT2D eigenvalue weighted by molar-refractivity contribution is -0.121. The topological polar surface area (TPSA) is 75.7 Å². The SMILES string of the molecule is Cc1cccc(N([C@H](C)C(=O)NCCOc2ccccc2C(C)C)S(C)(=O)=O)c1. The lowest BCUT2D eigenvalue weighted by Gasteiger charge is -2.28. The molecule has 1 N–H and O–H groups in total. The Labute approximate surface area is 173 Å². The summed E-state index contributed by atoms with van der Waals surface area (Å²) in [4.78, 5) is 12.6. The molecule has 2 aromatic carbocycles. The van der Waals surface area contributed by atoms with Crippen LogP contribution in [0.4, 0.5) is 5.69 Å². The Morgan fingerprint density at radius 2 is 1.79 bits per heavy atom. The number of amides is 1. The Balaban J connectivity index is 2.00. The third-order valence-corrected chi connectivity index (χ3v) is 5.79. The van der Waals surface area contributed by atoms with Crippen LogP contribution in [-0.2, 0) is 14.8 Å². The van der Waals surface area contributed by atoms with Gasteiger partial charge in [0.15, 0.2) is 0 Å². The third-order valence-electron chi connectivity index (χ3n) is 4.54. The first kappa shape index (κ1) is 22.7. The van der Waals surface area contributed by atoms with Crippen molar-refractivity contribution >= 4 is 21.6 Å². The fourth-order valence-electron chi connectivity index (χ4n) is 3.15. The first-order chi connectivity index (χ1) is 13.6. The van der Waals surface area contributed by atoms with E-state index in [9.17, 15) is 13.2 Å². The Morgan fingerprint density at radius 1 is 1.10 bits per heavy atom. The van der Waals surface area contributed by atoms with Gasteiger partial charge in [-0.3, -0.25) is 9.10 Å². The maximum Gasteiger partial charge on any atom is 0.243 e. The molecule has 0 aliphatic heterocycles. The molecule has 158 valence electrons. The predicted molar refractivity (Wildman–Crippen MR) is 117 cm³/mol. The Morgan fingerprint density at radius 3 is 2.41 bits per heavy atom. The summed E-state index contributed by atoms with van der Waals surface area (Å²) in [6, 6.07) is 14.0. The summed E-state index contributed by atoms with van der Waals surface area (Å²) in [6.45, 7) is 8.22. The fraction of sp³-hybridized carbons (Fsp3) is 0.409. The summed E-state index contributed by atoms with van der Waals surface area (Å²) in [6.07, 6.45) is 1.10. The highest BCUT2D eigenvalue weighted by atomic mass is 32.2. The fourth-order valence-corrected chi connectivity index (χ4v) is 4.31. The molecule has 0 saturated carbocycles. The minimum atomic E-state index is -3.63. The monoisotopic (exact) mass is 418 g/mol. The molecule has 0 aromatic heterocycles. The largest absolute Gasteiger partial charge is 0.491 e. The van der Waals surface area contributed by atoms with E-state index in [1.54, 1.807) is 25.1 Å². The van der Waals surface area contributed by atoms with Crippen LogP contribution >= 0.6 is 0 Å². The molecular formula is C22H30N2O4S. The number of carbonyl (C=O) groups is 1. The van der Waals surface area contributed by atoms with Crippen LogP contribution in [0.3, 0.4) is 0 Å². The summed E-state index contributed by atoms with van der Waals surface area (Å²) in [7, 11) is -3.63. The number of hydrogen-bond acceptors (Lipinski definition) is 4. The summed E-state index contributed by atoms with van der Waals surface area (Å²) in [5, 5.41) is 2.77. The van der Waals surface area contributed by atoms with Gasteiger partial charge in [-0.2, -0.15) is 0 Å². The van der Waals surface area contributed by atoms with Crippen molar-refractivity contribution < 1.29 is 17.9 Å². The van der Waals surface area contributed by atoms with Gasteiger partial charge in [-0.1, -0.05) is 44.2 Å². The highest BCUT2D eigenvalue weighted by Crippen LogP contribution is 2.25. The van der Waals surface area contributed by atoms with E-state index in [4.69, 9.17) is 4.74 Å². The van der Waals surface area contributed by atoms with Gasteiger partial charge in [0.2, 0.25) is 15.9 Å². The van der Waals surface area contributed by atoms with Crippen molar-refractivity contribution in [2.45, 2.75) is 39.7 Å². The molecule has 6 nitrogen and oxygen atoms in total. The number of sulfonamides is 1. The second kappa shape index (κ2) is 9.78. The van der Waals surface area contributed by atoms with Crippen molar-refractivity contribution in [3.05, 3.63) is 59.7 Å². The Bertz CT molecular complexity index is 941. The van der Waals surface area contributed by atoms with Crippen molar-refractivity contribution in [3.8, 4) is 5.75 Å². The van der Waals surface area contributed by atoms with Gasteiger partial charge >= 0.3 is 0 Å². The predicted octanol–water partition coefficient (Wildman–Crippen LogP) is 3.47. The number of anilines is 1. The maximum absolute atomic E-state index is 12.6. The van der Waals surface area contributed by atoms with E-state index in [1.165, 1.54) is 0 Å². The first-order valence-electron chi connectivity index (χ1n) is 9.66. The molecule has 0 unspecified atom stereocenters. The Kier molecular flexibility index (Phi) is 7.67. The minimum absolute atomic E-state index is 0.279. The molecule has 1 amide bonds. The van der Waals surface area contributed by atoms with Gasteiger partial charge in [0.05, 0.1) is 18.5 Å². The molecule has 0 heterocycles. The zero-order chi connectivity index (χ0) is 21.6. The van der Waals surface area contributed by atoms with Crippen LogP contribution in [0.15, 0.2) is 48.5 Å². The van der Waals surface area contributed by atoms with Gasteiger partial charge in [-0.05, 0) is 49.1 Å². The van der Waals surface area contributed by atoms with Gasteiger partial charge in [-0.15, -0.1) is 0 Å². The van der Waals surface area contributed by atoms with Crippen LogP contribution in [0, 0.1) is 6.92 Å². The zero-order valence-electron chi connectivity index (χ0n) is 17.7. The summed E-state index contributed by atoms with van der Waals surface area (Å²) in [5.41, 5.74) is 2.49. The molecule has 1 atom stereocenters. The Hall–Kier alpha value is -2.54. The van der Waals surface area contributed by atoms with E-state index in [0.29, 0.717) is 18.2 Å². The lowest BCUT2D eigenvalue weighted by atomic mass is 10.0. The van der Waals surface area contributed by atoms with Crippen LogP contribution in [0.1, 0.15) is 37.8 Å². The average molecular weight is 419 g/mol. The number of ether oxygens (including phenoxy) is 1. The van der Waals surface area contributed by atoms with Crippen LogP contribution < -0.4 is 14.4 Å². The molecule has 29 heavy (non-hydrogen) atoms.